The molecule has 0 radical (unpaired) electrons. The molecule has 0 aliphatic heterocycles. The number of alkyl halides is 3. The summed E-state index contributed by atoms with van der Waals surface area (Å²) in [5.74, 6) is 1.02. The summed E-state index contributed by atoms with van der Waals surface area (Å²) in [6, 6.07) is 14.0. The van der Waals surface area contributed by atoms with Crippen molar-refractivity contribution in [2.24, 2.45) is 0 Å². The number of nitrogens with one attached hydrogen (secondary N) is 2. The third-order valence-electron chi connectivity index (χ3n) is 6.07. The van der Waals surface area contributed by atoms with Gasteiger partial charge in [0.15, 0.2) is 0 Å². The van der Waals surface area contributed by atoms with E-state index in [1.807, 2.05) is 19.9 Å². The zero-order valence-corrected chi connectivity index (χ0v) is 20.4. The van der Waals surface area contributed by atoms with Crippen LogP contribution in [0.1, 0.15) is 57.9 Å². The van der Waals surface area contributed by atoms with E-state index in [-0.39, 0.29) is 24.0 Å². The summed E-state index contributed by atoms with van der Waals surface area (Å²) < 4.78 is 52.9. The Morgan fingerprint density at radius 2 is 1.72 bits per heavy atom. The lowest BCUT2D eigenvalue weighted by Crippen LogP contribution is -2.19. The summed E-state index contributed by atoms with van der Waals surface area (Å²) in [6.45, 7) is 4.02. The molecule has 1 unspecified atom stereocenters. The number of anilines is 4. The predicted octanol–water partition coefficient (Wildman–Crippen LogP) is 7.87. The molecule has 3 aromatic rings. The van der Waals surface area contributed by atoms with Crippen LogP contribution < -0.4 is 20.1 Å². The van der Waals surface area contributed by atoms with Crippen molar-refractivity contribution in [3.05, 3.63) is 60.3 Å². The van der Waals surface area contributed by atoms with Gasteiger partial charge in [-0.3, -0.25) is 0 Å². The lowest BCUT2D eigenvalue weighted by molar-refractivity contribution is -0.137. The van der Waals surface area contributed by atoms with E-state index in [0.29, 0.717) is 22.9 Å². The number of benzene rings is 2. The van der Waals surface area contributed by atoms with E-state index in [2.05, 4.69) is 20.6 Å². The molecule has 2 N–H and O–H groups in total. The van der Waals surface area contributed by atoms with Gasteiger partial charge in [-0.1, -0.05) is 19.4 Å². The van der Waals surface area contributed by atoms with E-state index in [1.54, 1.807) is 42.5 Å². The van der Waals surface area contributed by atoms with Crippen molar-refractivity contribution in [1.82, 2.24) is 9.97 Å². The van der Waals surface area contributed by atoms with Crippen molar-refractivity contribution in [2.45, 2.75) is 70.8 Å². The highest BCUT2D eigenvalue weighted by Crippen LogP contribution is 2.36. The second kappa shape index (κ2) is 11.5. The standard InChI is InChI=1S/C27H31F3N4O2/c1-3-18(2)35-22-14-12-19(13-15-22)33-26-31-17-24(27(28,29)30)25(34-26)32-20-8-7-11-23(16-20)36-21-9-5-4-6-10-21/h7-8,11-18,21H,3-6,9-10H2,1-2H3,(H2,31,32,33,34). The minimum Gasteiger partial charge on any atom is -0.491 e. The van der Waals surface area contributed by atoms with Gasteiger partial charge in [-0.25, -0.2) is 4.98 Å². The molecule has 1 fully saturated rings. The van der Waals surface area contributed by atoms with E-state index in [9.17, 15) is 13.2 Å². The van der Waals surface area contributed by atoms with Crippen molar-refractivity contribution >= 4 is 23.1 Å². The van der Waals surface area contributed by atoms with Crippen molar-refractivity contribution in [3.8, 4) is 11.5 Å². The van der Waals surface area contributed by atoms with Crippen LogP contribution in [0.4, 0.5) is 36.3 Å². The quantitative estimate of drug-likeness (QED) is 0.312. The van der Waals surface area contributed by atoms with Crippen LogP contribution in [0.2, 0.25) is 0 Å². The molecule has 0 bridgehead atoms. The van der Waals surface area contributed by atoms with Crippen LogP contribution in [-0.4, -0.2) is 22.2 Å². The van der Waals surface area contributed by atoms with Gasteiger partial charge < -0.3 is 20.1 Å². The molecule has 0 amide bonds. The number of hydrogen-bond acceptors (Lipinski definition) is 6. The van der Waals surface area contributed by atoms with Gasteiger partial charge >= 0.3 is 6.18 Å². The first-order valence-corrected chi connectivity index (χ1v) is 12.3. The van der Waals surface area contributed by atoms with Crippen LogP contribution in [0.3, 0.4) is 0 Å². The van der Waals surface area contributed by atoms with Gasteiger partial charge in [0, 0.05) is 23.6 Å². The van der Waals surface area contributed by atoms with Gasteiger partial charge in [0.05, 0.1) is 12.2 Å². The molecule has 36 heavy (non-hydrogen) atoms. The molecule has 4 rings (SSSR count). The fourth-order valence-electron chi connectivity index (χ4n) is 3.97. The zero-order valence-electron chi connectivity index (χ0n) is 20.4. The third kappa shape index (κ3) is 7.02. The van der Waals surface area contributed by atoms with Crippen LogP contribution in [-0.2, 0) is 6.18 Å². The molecule has 1 saturated carbocycles. The summed E-state index contributed by atoms with van der Waals surface area (Å²) in [4.78, 5) is 8.02. The molecular weight excluding hydrogens is 469 g/mol. The van der Waals surface area contributed by atoms with Gasteiger partial charge in [0.1, 0.15) is 22.9 Å². The Hall–Kier alpha value is -3.49. The van der Waals surface area contributed by atoms with E-state index in [1.165, 1.54) is 6.42 Å². The molecule has 2 aromatic carbocycles. The average molecular weight is 501 g/mol. The minimum atomic E-state index is -4.62. The average Bonchev–Trinajstić information content (AvgIpc) is 2.85. The SMILES string of the molecule is CCC(C)Oc1ccc(Nc2ncc(C(F)(F)F)c(Nc3cccc(OC4CCCCC4)c3)n2)cc1. The summed E-state index contributed by atoms with van der Waals surface area (Å²) in [7, 11) is 0. The fourth-order valence-corrected chi connectivity index (χ4v) is 3.97. The van der Waals surface area contributed by atoms with Gasteiger partial charge in [-0.15, -0.1) is 0 Å². The second-order valence-electron chi connectivity index (χ2n) is 8.97. The summed E-state index contributed by atoms with van der Waals surface area (Å²) in [5.41, 5.74) is 0.119. The first-order valence-electron chi connectivity index (χ1n) is 12.3. The van der Waals surface area contributed by atoms with Crippen molar-refractivity contribution in [3.63, 3.8) is 0 Å². The maximum atomic E-state index is 13.7. The maximum absolute atomic E-state index is 13.7. The smallest absolute Gasteiger partial charge is 0.421 e. The monoisotopic (exact) mass is 500 g/mol. The topological polar surface area (TPSA) is 68.3 Å². The highest BCUT2D eigenvalue weighted by Gasteiger charge is 2.35. The van der Waals surface area contributed by atoms with Crippen molar-refractivity contribution in [1.29, 1.82) is 0 Å². The van der Waals surface area contributed by atoms with Crippen LogP contribution in [0.5, 0.6) is 11.5 Å². The Labute approximate surface area is 209 Å². The molecule has 0 saturated heterocycles. The minimum absolute atomic E-state index is 0.0377. The van der Waals surface area contributed by atoms with Crippen molar-refractivity contribution < 1.29 is 22.6 Å². The maximum Gasteiger partial charge on any atom is 0.421 e. The Morgan fingerprint density at radius 3 is 2.42 bits per heavy atom. The van der Waals surface area contributed by atoms with E-state index in [4.69, 9.17) is 9.47 Å². The van der Waals surface area contributed by atoms with Crippen molar-refractivity contribution in [2.75, 3.05) is 10.6 Å². The summed E-state index contributed by atoms with van der Waals surface area (Å²) in [5, 5.41) is 5.77. The molecule has 0 spiro atoms. The zero-order chi connectivity index (χ0) is 25.5. The molecule has 1 aromatic heterocycles. The Balaban J connectivity index is 1.51. The summed E-state index contributed by atoms with van der Waals surface area (Å²) in [6.07, 6.45) is 2.70. The van der Waals surface area contributed by atoms with Gasteiger partial charge in [-0.05, 0) is 75.4 Å². The second-order valence-corrected chi connectivity index (χ2v) is 8.97. The number of nitrogens with zero attached hydrogens (tertiary/aromatic N) is 2. The normalized spacial score (nSPS) is 15.2. The molecule has 6 nitrogen and oxygen atoms in total. The highest BCUT2D eigenvalue weighted by molar-refractivity contribution is 5.64. The predicted molar refractivity (Wildman–Crippen MR) is 134 cm³/mol. The first kappa shape index (κ1) is 25.6. The Bertz CT molecular complexity index is 1130. The van der Waals surface area contributed by atoms with E-state index >= 15 is 0 Å². The number of aromatic nitrogens is 2. The first-order chi connectivity index (χ1) is 17.3. The largest absolute Gasteiger partial charge is 0.491 e. The van der Waals surface area contributed by atoms with E-state index < -0.39 is 11.7 Å². The molecule has 192 valence electrons. The van der Waals surface area contributed by atoms with Crippen LogP contribution in [0.25, 0.3) is 0 Å². The van der Waals surface area contributed by atoms with Gasteiger partial charge in [-0.2, -0.15) is 18.2 Å². The van der Waals surface area contributed by atoms with Crippen LogP contribution >= 0.6 is 0 Å². The number of hydrogen-bond donors (Lipinski definition) is 2. The van der Waals surface area contributed by atoms with Gasteiger partial charge in [0.2, 0.25) is 5.95 Å². The van der Waals surface area contributed by atoms with Crippen LogP contribution in [0.15, 0.2) is 54.7 Å². The fraction of sp³-hybridized carbons (Fsp3) is 0.407. The molecular formula is C27H31F3N4O2. The van der Waals surface area contributed by atoms with Crippen LogP contribution in [0, 0.1) is 0 Å². The Kier molecular flexibility index (Phi) is 8.18. The number of ether oxygens (including phenoxy) is 2. The lowest BCUT2D eigenvalue weighted by Gasteiger charge is -2.23. The number of halogens is 3. The lowest BCUT2D eigenvalue weighted by atomic mass is 9.98. The Morgan fingerprint density at radius 1 is 0.972 bits per heavy atom. The highest BCUT2D eigenvalue weighted by atomic mass is 19.4. The number of rotatable bonds is 9. The molecule has 1 heterocycles. The molecule has 1 aliphatic carbocycles. The molecule has 1 atom stereocenters. The molecule has 9 heteroatoms. The molecule has 1 aliphatic rings. The van der Waals surface area contributed by atoms with Gasteiger partial charge in [0.25, 0.3) is 0 Å². The third-order valence-corrected chi connectivity index (χ3v) is 6.07. The van der Waals surface area contributed by atoms with E-state index in [0.717, 1.165) is 38.3 Å². The summed E-state index contributed by atoms with van der Waals surface area (Å²) >= 11 is 0.